The summed E-state index contributed by atoms with van der Waals surface area (Å²) in [7, 11) is 0. The highest BCUT2D eigenvalue weighted by Crippen LogP contribution is 2.29. The number of aromatic nitrogens is 3. The molecular formula is C15H21BrN4O. The molecule has 0 fully saturated rings. The SMILES string of the molecule is Cc1cc(Br)cc(CCN)c1OCc1ncnn1C(C)C. The molecule has 0 amide bonds. The Bertz CT molecular complexity index is 610. The van der Waals surface area contributed by atoms with Crippen molar-refractivity contribution in [3.05, 3.63) is 39.9 Å². The molecule has 0 atom stereocenters. The maximum absolute atomic E-state index is 6.01. The van der Waals surface area contributed by atoms with Crippen LogP contribution in [0.25, 0.3) is 0 Å². The van der Waals surface area contributed by atoms with Gasteiger partial charge in [0.1, 0.15) is 18.7 Å². The van der Waals surface area contributed by atoms with E-state index in [9.17, 15) is 0 Å². The van der Waals surface area contributed by atoms with E-state index < -0.39 is 0 Å². The molecule has 0 radical (unpaired) electrons. The van der Waals surface area contributed by atoms with Gasteiger partial charge in [0.15, 0.2) is 5.82 Å². The highest BCUT2D eigenvalue weighted by Gasteiger charge is 2.12. The minimum absolute atomic E-state index is 0.264. The Kier molecular flexibility index (Phi) is 5.36. The molecule has 1 heterocycles. The molecule has 5 nitrogen and oxygen atoms in total. The Labute approximate surface area is 133 Å². The van der Waals surface area contributed by atoms with E-state index in [2.05, 4.69) is 45.9 Å². The number of ether oxygens (including phenoxy) is 1. The number of hydrogen-bond acceptors (Lipinski definition) is 4. The van der Waals surface area contributed by atoms with E-state index in [0.717, 1.165) is 33.6 Å². The van der Waals surface area contributed by atoms with Crippen LogP contribution in [0.2, 0.25) is 0 Å². The molecule has 0 bridgehead atoms. The van der Waals surface area contributed by atoms with Gasteiger partial charge in [-0.25, -0.2) is 9.67 Å². The molecule has 0 saturated heterocycles. The molecule has 114 valence electrons. The van der Waals surface area contributed by atoms with Crippen molar-refractivity contribution < 1.29 is 4.74 Å². The molecule has 2 rings (SSSR count). The van der Waals surface area contributed by atoms with Crippen molar-refractivity contribution >= 4 is 15.9 Å². The summed E-state index contributed by atoms with van der Waals surface area (Å²) in [5.74, 6) is 1.72. The minimum atomic E-state index is 0.264. The Hall–Kier alpha value is -1.40. The van der Waals surface area contributed by atoms with Gasteiger partial charge in [0, 0.05) is 10.5 Å². The third kappa shape index (κ3) is 3.83. The third-order valence-electron chi connectivity index (χ3n) is 3.21. The van der Waals surface area contributed by atoms with Crippen molar-refractivity contribution in [1.29, 1.82) is 0 Å². The summed E-state index contributed by atoms with van der Waals surface area (Å²) < 4.78 is 8.93. The monoisotopic (exact) mass is 352 g/mol. The fraction of sp³-hybridized carbons (Fsp3) is 0.467. The fourth-order valence-corrected chi connectivity index (χ4v) is 2.91. The summed E-state index contributed by atoms with van der Waals surface area (Å²) in [6.45, 7) is 7.17. The maximum atomic E-state index is 6.01. The largest absolute Gasteiger partial charge is 0.485 e. The lowest BCUT2D eigenvalue weighted by molar-refractivity contribution is 0.278. The van der Waals surface area contributed by atoms with Crippen molar-refractivity contribution in [2.45, 2.75) is 39.8 Å². The van der Waals surface area contributed by atoms with Gasteiger partial charge in [-0.1, -0.05) is 15.9 Å². The van der Waals surface area contributed by atoms with E-state index in [1.165, 1.54) is 0 Å². The van der Waals surface area contributed by atoms with E-state index in [0.29, 0.717) is 13.2 Å². The highest BCUT2D eigenvalue weighted by atomic mass is 79.9. The number of hydrogen-bond donors (Lipinski definition) is 1. The standard InChI is InChI=1S/C15H21BrN4O/c1-10(2)20-14(18-9-19-20)8-21-15-11(3)6-13(16)7-12(15)4-5-17/h6-7,9-10H,4-5,8,17H2,1-3H3. The van der Waals surface area contributed by atoms with Gasteiger partial charge in [0.25, 0.3) is 0 Å². The molecule has 1 aromatic carbocycles. The van der Waals surface area contributed by atoms with Gasteiger partial charge < -0.3 is 10.5 Å². The lowest BCUT2D eigenvalue weighted by Crippen LogP contribution is -2.12. The Morgan fingerprint density at radius 1 is 1.38 bits per heavy atom. The smallest absolute Gasteiger partial charge is 0.165 e. The summed E-state index contributed by atoms with van der Waals surface area (Å²) in [6, 6.07) is 4.37. The van der Waals surface area contributed by atoms with Crippen LogP contribution >= 0.6 is 15.9 Å². The minimum Gasteiger partial charge on any atom is -0.485 e. The highest BCUT2D eigenvalue weighted by molar-refractivity contribution is 9.10. The third-order valence-corrected chi connectivity index (χ3v) is 3.67. The summed E-state index contributed by atoms with van der Waals surface area (Å²) in [6.07, 6.45) is 2.35. The molecular weight excluding hydrogens is 332 g/mol. The second-order valence-corrected chi connectivity index (χ2v) is 6.17. The van der Waals surface area contributed by atoms with Crippen molar-refractivity contribution in [1.82, 2.24) is 14.8 Å². The molecule has 21 heavy (non-hydrogen) atoms. The Morgan fingerprint density at radius 3 is 2.81 bits per heavy atom. The van der Waals surface area contributed by atoms with Crippen molar-refractivity contribution in [3.63, 3.8) is 0 Å². The van der Waals surface area contributed by atoms with Crippen LogP contribution in [0.4, 0.5) is 0 Å². The van der Waals surface area contributed by atoms with Crippen LogP contribution in [0, 0.1) is 6.92 Å². The predicted molar refractivity (Wildman–Crippen MR) is 86.4 cm³/mol. The van der Waals surface area contributed by atoms with E-state index in [1.54, 1.807) is 6.33 Å². The molecule has 0 saturated carbocycles. The van der Waals surface area contributed by atoms with E-state index in [-0.39, 0.29) is 6.04 Å². The number of aryl methyl sites for hydroxylation is 1. The second-order valence-electron chi connectivity index (χ2n) is 5.25. The molecule has 1 aromatic heterocycles. The Balaban J connectivity index is 2.21. The topological polar surface area (TPSA) is 66.0 Å². The lowest BCUT2D eigenvalue weighted by Gasteiger charge is -2.15. The van der Waals surface area contributed by atoms with E-state index >= 15 is 0 Å². The van der Waals surface area contributed by atoms with Gasteiger partial charge in [0.05, 0.1) is 0 Å². The van der Waals surface area contributed by atoms with Crippen LogP contribution in [0.1, 0.15) is 36.8 Å². The zero-order chi connectivity index (χ0) is 15.4. The molecule has 0 aliphatic rings. The van der Waals surface area contributed by atoms with Gasteiger partial charge in [0.2, 0.25) is 0 Å². The first kappa shape index (κ1) is 16.0. The first-order chi connectivity index (χ1) is 10.0. The predicted octanol–water partition coefficient (Wildman–Crippen LogP) is 3.01. The van der Waals surface area contributed by atoms with Crippen molar-refractivity contribution in [3.8, 4) is 5.75 Å². The molecule has 2 aromatic rings. The normalized spacial score (nSPS) is 11.1. The first-order valence-electron chi connectivity index (χ1n) is 7.03. The number of nitrogens with two attached hydrogens (primary N) is 1. The van der Waals surface area contributed by atoms with Gasteiger partial charge in [-0.15, -0.1) is 0 Å². The number of nitrogens with zero attached hydrogens (tertiary/aromatic N) is 3. The molecule has 0 unspecified atom stereocenters. The summed E-state index contributed by atoms with van der Waals surface area (Å²) in [5.41, 5.74) is 7.88. The average molecular weight is 353 g/mol. The molecule has 0 aliphatic heterocycles. The van der Waals surface area contributed by atoms with Gasteiger partial charge in [-0.3, -0.25) is 0 Å². The molecule has 6 heteroatoms. The maximum Gasteiger partial charge on any atom is 0.165 e. The van der Waals surface area contributed by atoms with Crippen LogP contribution in [-0.2, 0) is 13.0 Å². The summed E-state index contributed by atoms with van der Waals surface area (Å²) >= 11 is 3.51. The lowest BCUT2D eigenvalue weighted by atomic mass is 10.1. The van der Waals surface area contributed by atoms with Crippen molar-refractivity contribution in [2.24, 2.45) is 5.73 Å². The van der Waals surface area contributed by atoms with Gasteiger partial charge >= 0.3 is 0 Å². The number of benzene rings is 1. The van der Waals surface area contributed by atoms with Crippen molar-refractivity contribution in [2.75, 3.05) is 6.54 Å². The quantitative estimate of drug-likeness (QED) is 0.867. The number of halogens is 1. The summed E-state index contributed by atoms with van der Waals surface area (Å²) in [5, 5.41) is 4.22. The van der Waals surface area contributed by atoms with Gasteiger partial charge in [-0.05, 0) is 57.0 Å². The second kappa shape index (κ2) is 7.04. The van der Waals surface area contributed by atoms with Crippen LogP contribution in [-0.4, -0.2) is 21.3 Å². The van der Waals surface area contributed by atoms with E-state index in [1.807, 2.05) is 17.7 Å². The Morgan fingerprint density at radius 2 is 2.14 bits per heavy atom. The zero-order valence-corrected chi connectivity index (χ0v) is 14.2. The zero-order valence-electron chi connectivity index (χ0n) is 12.6. The van der Waals surface area contributed by atoms with Crippen LogP contribution in [0.3, 0.4) is 0 Å². The summed E-state index contributed by atoms with van der Waals surface area (Å²) in [4.78, 5) is 4.27. The molecule has 0 spiro atoms. The number of rotatable bonds is 6. The van der Waals surface area contributed by atoms with Crippen LogP contribution < -0.4 is 10.5 Å². The first-order valence-corrected chi connectivity index (χ1v) is 7.82. The van der Waals surface area contributed by atoms with Gasteiger partial charge in [-0.2, -0.15) is 5.10 Å². The molecule has 2 N–H and O–H groups in total. The molecule has 0 aliphatic carbocycles. The van der Waals surface area contributed by atoms with E-state index in [4.69, 9.17) is 10.5 Å². The van der Waals surface area contributed by atoms with Crippen LogP contribution in [0.15, 0.2) is 22.9 Å². The van der Waals surface area contributed by atoms with Crippen LogP contribution in [0.5, 0.6) is 5.75 Å². The average Bonchev–Trinajstić information content (AvgIpc) is 2.86. The fourth-order valence-electron chi connectivity index (χ4n) is 2.29.